The van der Waals surface area contributed by atoms with Gasteiger partial charge in [-0.2, -0.15) is 0 Å². The van der Waals surface area contributed by atoms with Crippen molar-refractivity contribution in [1.82, 2.24) is 10.2 Å². The van der Waals surface area contributed by atoms with Crippen LogP contribution in [-0.2, 0) is 0 Å². The zero-order valence-corrected chi connectivity index (χ0v) is 12.2. The molecule has 1 aromatic carbocycles. The lowest BCUT2D eigenvalue weighted by atomic mass is 10.1. The van der Waals surface area contributed by atoms with E-state index in [4.69, 9.17) is 4.74 Å². The Hall–Kier alpha value is -1.07. The summed E-state index contributed by atoms with van der Waals surface area (Å²) in [7, 11) is 1.58. The summed E-state index contributed by atoms with van der Waals surface area (Å²) in [6.07, 6.45) is 0. The van der Waals surface area contributed by atoms with Crippen LogP contribution in [0.4, 0.5) is 0 Å². The highest BCUT2D eigenvalue weighted by Gasteiger charge is 2.25. The SMILES string of the molecule is COc1cccc(Br)c1C(=O)N1CCN[C@H](C)C1. The first kappa shape index (κ1) is 13.4. The Morgan fingerprint density at radius 3 is 3.00 bits per heavy atom. The molecule has 0 radical (unpaired) electrons. The molecule has 1 atom stereocenters. The number of piperazine rings is 1. The molecule has 0 spiro atoms. The van der Waals surface area contributed by atoms with Gasteiger partial charge in [0.1, 0.15) is 5.75 Å². The number of ether oxygens (including phenoxy) is 1. The van der Waals surface area contributed by atoms with Crippen molar-refractivity contribution in [3.63, 3.8) is 0 Å². The maximum absolute atomic E-state index is 12.5. The van der Waals surface area contributed by atoms with Crippen molar-refractivity contribution in [2.75, 3.05) is 26.7 Å². The molecule has 1 aromatic rings. The van der Waals surface area contributed by atoms with E-state index >= 15 is 0 Å². The van der Waals surface area contributed by atoms with Gasteiger partial charge in [0, 0.05) is 30.1 Å². The van der Waals surface area contributed by atoms with Gasteiger partial charge < -0.3 is 15.0 Å². The van der Waals surface area contributed by atoms with E-state index in [0.717, 1.165) is 24.1 Å². The third-order valence-electron chi connectivity index (χ3n) is 3.07. The summed E-state index contributed by atoms with van der Waals surface area (Å²) >= 11 is 3.43. The quantitative estimate of drug-likeness (QED) is 0.907. The number of carbonyl (C=O) groups is 1. The largest absolute Gasteiger partial charge is 0.496 e. The molecule has 98 valence electrons. The number of methoxy groups -OCH3 is 1. The topological polar surface area (TPSA) is 41.6 Å². The fourth-order valence-corrected chi connectivity index (χ4v) is 2.67. The number of nitrogens with one attached hydrogen (secondary N) is 1. The molecule has 1 saturated heterocycles. The first-order valence-corrected chi connectivity index (χ1v) is 6.78. The fraction of sp³-hybridized carbons (Fsp3) is 0.462. The first-order valence-electron chi connectivity index (χ1n) is 5.98. The van der Waals surface area contributed by atoms with Crippen LogP contribution in [0.15, 0.2) is 22.7 Å². The van der Waals surface area contributed by atoms with Crippen LogP contribution in [-0.4, -0.2) is 43.6 Å². The Kier molecular flexibility index (Phi) is 4.24. The summed E-state index contributed by atoms with van der Waals surface area (Å²) in [5.74, 6) is 0.633. The summed E-state index contributed by atoms with van der Waals surface area (Å²) < 4.78 is 6.05. The molecule has 1 aliphatic heterocycles. The summed E-state index contributed by atoms with van der Waals surface area (Å²) in [5.41, 5.74) is 0.606. The lowest BCUT2D eigenvalue weighted by Gasteiger charge is -2.32. The highest BCUT2D eigenvalue weighted by Crippen LogP contribution is 2.28. The number of halogens is 1. The van der Waals surface area contributed by atoms with Crippen molar-refractivity contribution in [3.8, 4) is 5.75 Å². The molecular weight excluding hydrogens is 296 g/mol. The van der Waals surface area contributed by atoms with E-state index in [9.17, 15) is 4.79 Å². The fourth-order valence-electron chi connectivity index (χ4n) is 2.16. The van der Waals surface area contributed by atoms with Gasteiger partial charge in [-0.05, 0) is 35.0 Å². The number of benzene rings is 1. The number of amides is 1. The van der Waals surface area contributed by atoms with E-state index in [-0.39, 0.29) is 5.91 Å². The van der Waals surface area contributed by atoms with Crippen LogP contribution in [0.2, 0.25) is 0 Å². The number of nitrogens with zero attached hydrogens (tertiary/aromatic N) is 1. The molecule has 0 aliphatic carbocycles. The molecule has 1 amide bonds. The van der Waals surface area contributed by atoms with Gasteiger partial charge in [-0.25, -0.2) is 0 Å². The molecule has 0 unspecified atom stereocenters. The van der Waals surface area contributed by atoms with Gasteiger partial charge in [-0.15, -0.1) is 0 Å². The van der Waals surface area contributed by atoms with Crippen molar-refractivity contribution in [3.05, 3.63) is 28.2 Å². The van der Waals surface area contributed by atoms with E-state index in [1.165, 1.54) is 0 Å². The zero-order chi connectivity index (χ0) is 13.1. The second-order valence-corrected chi connectivity index (χ2v) is 5.28. The summed E-state index contributed by atoms with van der Waals surface area (Å²) in [6, 6.07) is 5.86. The minimum Gasteiger partial charge on any atom is -0.496 e. The molecule has 0 aromatic heterocycles. The first-order chi connectivity index (χ1) is 8.63. The maximum Gasteiger partial charge on any atom is 0.258 e. The molecule has 1 aliphatic rings. The number of hydrogen-bond donors (Lipinski definition) is 1. The van der Waals surface area contributed by atoms with Crippen molar-refractivity contribution in [2.24, 2.45) is 0 Å². The summed E-state index contributed by atoms with van der Waals surface area (Å²) in [4.78, 5) is 14.4. The summed E-state index contributed by atoms with van der Waals surface area (Å²) in [6.45, 7) is 4.37. The number of rotatable bonds is 2. The molecule has 1 fully saturated rings. The second kappa shape index (κ2) is 5.71. The average Bonchev–Trinajstić information content (AvgIpc) is 2.37. The van der Waals surface area contributed by atoms with Gasteiger partial charge in [0.25, 0.3) is 5.91 Å². The normalized spacial score (nSPS) is 19.7. The molecule has 0 saturated carbocycles. The van der Waals surface area contributed by atoms with E-state index in [0.29, 0.717) is 17.4 Å². The van der Waals surface area contributed by atoms with Crippen LogP contribution in [0, 0.1) is 0 Å². The minimum atomic E-state index is 0.0210. The highest BCUT2D eigenvalue weighted by atomic mass is 79.9. The predicted molar refractivity (Wildman–Crippen MR) is 74.1 cm³/mol. The lowest BCUT2D eigenvalue weighted by Crippen LogP contribution is -2.51. The zero-order valence-electron chi connectivity index (χ0n) is 10.6. The second-order valence-electron chi connectivity index (χ2n) is 4.42. The van der Waals surface area contributed by atoms with Gasteiger partial charge >= 0.3 is 0 Å². The Labute approximate surface area is 115 Å². The van der Waals surface area contributed by atoms with Crippen LogP contribution in [0.5, 0.6) is 5.75 Å². The maximum atomic E-state index is 12.5. The molecule has 0 bridgehead atoms. The number of carbonyl (C=O) groups excluding carboxylic acids is 1. The Morgan fingerprint density at radius 1 is 1.56 bits per heavy atom. The van der Waals surface area contributed by atoms with Crippen molar-refractivity contribution in [2.45, 2.75) is 13.0 Å². The predicted octanol–water partition coefficient (Wildman–Crippen LogP) is 1.89. The van der Waals surface area contributed by atoms with Gasteiger partial charge in [0.15, 0.2) is 0 Å². The van der Waals surface area contributed by atoms with E-state index in [1.54, 1.807) is 7.11 Å². The van der Waals surface area contributed by atoms with Crippen LogP contribution in [0.25, 0.3) is 0 Å². The van der Waals surface area contributed by atoms with E-state index in [1.807, 2.05) is 23.1 Å². The van der Waals surface area contributed by atoms with Crippen molar-refractivity contribution >= 4 is 21.8 Å². The van der Waals surface area contributed by atoms with Crippen LogP contribution in [0.1, 0.15) is 17.3 Å². The van der Waals surface area contributed by atoms with Gasteiger partial charge in [-0.3, -0.25) is 4.79 Å². The highest BCUT2D eigenvalue weighted by molar-refractivity contribution is 9.10. The number of hydrogen-bond acceptors (Lipinski definition) is 3. The van der Waals surface area contributed by atoms with Crippen LogP contribution >= 0.6 is 15.9 Å². The molecule has 2 rings (SSSR count). The smallest absolute Gasteiger partial charge is 0.258 e. The monoisotopic (exact) mass is 312 g/mol. The average molecular weight is 313 g/mol. The molecule has 4 nitrogen and oxygen atoms in total. The standard InChI is InChI=1S/C13H17BrN2O2/c1-9-8-16(7-6-15-9)13(17)12-10(14)4-3-5-11(12)18-2/h3-5,9,15H,6-8H2,1-2H3/t9-/m1/s1. The summed E-state index contributed by atoms with van der Waals surface area (Å²) in [5, 5.41) is 3.32. The van der Waals surface area contributed by atoms with Gasteiger partial charge in [-0.1, -0.05) is 6.07 Å². The van der Waals surface area contributed by atoms with E-state index < -0.39 is 0 Å². The van der Waals surface area contributed by atoms with E-state index in [2.05, 4.69) is 28.2 Å². The van der Waals surface area contributed by atoms with Crippen molar-refractivity contribution < 1.29 is 9.53 Å². The van der Waals surface area contributed by atoms with Crippen LogP contribution < -0.4 is 10.1 Å². The van der Waals surface area contributed by atoms with Gasteiger partial charge in [0.05, 0.1) is 12.7 Å². The van der Waals surface area contributed by atoms with Crippen LogP contribution in [0.3, 0.4) is 0 Å². The van der Waals surface area contributed by atoms with Gasteiger partial charge in [0.2, 0.25) is 0 Å². The third kappa shape index (κ3) is 2.67. The molecule has 1 N–H and O–H groups in total. The minimum absolute atomic E-state index is 0.0210. The van der Waals surface area contributed by atoms with Crippen molar-refractivity contribution in [1.29, 1.82) is 0 Å². The third-order valence-corrected chi connectivity index (χ3v) is 3.73. The molecule has 1 heterocycles. The Morgan fingerprint density at radius 2 is 2.33 bits per heavy atom. The molecule has 18 heavy (non-hydrogen) atoms. The lowest BCUT2D eigenvalue weighted by molar-refractivity contribution is 0.0704. The molecular formula is C13H17BrN2O2. The Balaban J connectivity index is 2.28. The Bertz CT molecular complexity index is 451. The molecule has 5 heteroatoms.